The lowest BCUT2D eigenvalue weighted by atomic mass is 10.4. The minimum atomic E-state index is -4.87. The van der Waals surface area contributed by atoms with Crippen molar-refractivity contribution in [2.24, 2.45) is 0 Å². The van der Waals surface area contributed by atoms with E-state index in [9.17, 15) is 17.6 Å². The highest BCUT2D eigenvalue weighted by Gasteiger charge is 2.34. The average Bonchev–Trinajstić information content (AvgIpc) is 2.37. The van der Waals surface area contributed by atoms with Crippen molar-refractivity contribution in [3.05, 3.63) is 28.2 Å². The lowest BCUT2D eigenvalue weighted by molar-refractivity contribution is -0.107. The highest BCUT2D eigenvalue weighted by molar-refractivity contribution is 7.10. The molecule has 0 saturated carbocycles. The number of allylic oxidation sites excluding steroid dienone is 1. The van der Waals surface area contributed by atoms with Crippen molar-refractivity contribution < 1.29 is 17.6 Å². The summed E-state index contributed by atoms with van der Waals surface area (Å²) >= 11 is 1.05. The van der Waals surface area contributed by atoms with Crippen molar-refractivity contribution in [3.63, 3.8) is 0 Å². The van der Waals surface area contributed by atoms with Gasteiger partial charge in [-0.05, 0) is 17.5 Å². The molecule has 1 aromatic heterocycles. The van der Waals surface area contributed by atoms with Gasteiger partial charge in [-0.25, -0.2) is 4.39 Å². The Morgan fingerprint density at radius 1 is 1.42 bits per heavy atom. The molecule has 12 heavy (non-hydrogen) atoms. The van der Waals surface area contributed by atoms with E-state index >= 15 is 0 Å². The summed E-state index contributed by atoms with van der Waals surface area (Å²) in [4.78, 5) is 0.254. The van der Waals surface area contributed by atoms with Gasteiger partial charge in [0.1, 0.15) is 0 Å². The van der Waals surface area contributed by atoms with Gasteiger partial charge in [0.05, 0.1) is 0 Å². The summed E-state index contributed by atoms with van der Waals surface area (Å²) in [7, 11) is 0. The Morgan fingerprint density at radius 2 is 2.08 bits per heavy atom. The molecule has 0 nitrogen and oxygen atoms in total. The van der Waals surface area contributed by atoms with Crippen LogP contribution >= 0.6 is 11.3 Å². The van der Waals surface area contributed by atoms with Crippen LogP contribution in [0.25, 0.3) is 6.08 Å². The van der Waals surface area contributed by atoms with Crippen molar-refractivity contribution in [3.8, 4) is 0 Å². The Hall–Kier alpha value is -0.840. The number of halogens is 4. The second kappa shape index (κ2) is 3.26. The maximum atomic E-state index is 12.2. The van der Waals surface area contributed by atoms with E-state index in [-0.39, 0.29) is 4.88 Å². The first kappa shape index (κ1) is 9.25. The molecule has 0 amide bonds. The molecule has 0 saturated heterocycles. The Bertz CT molecular complexity index is 270. The van der Waals surface area contributed by atoms with E-state index < -0.39 is 12.0 Å². The van der Waals surface area contributed by atoms with E-state index in [2.05, 4.69) is 0 Å². The summed E-state index contributed by atoms with van der Waals surface area (Å²) in [5, 5.41) is 1.58. The zero-order valence-corrected chi connectivity index (χ0v) is 6.55. The van der Waals surface area contributed by atoms with Gasteiger partial charge < -0.3 is 0 Å². The Balaban J connectivity index is 2.84. The number of thiophene rings is 1. The van der Waals surface area contributed by atoms with E-state index in [1.165, 1.54) is 6.07 Å². The molecule has 0 aliphatic rings. The van der Waals surface area contributed by atoms with Gasteiger partial charge in [0.25, 0.3) is 0 Å². The molecule has 5 heteroatoms. The smallest absolute Gasteiger partial charge is 0.202 e. The fraction of sp³-hybridized carbons (Fsp3) is 0.143. The van der Waals surface area contributed by atoms with Crippen LogP contribution in [0.1, 0.15) is 4.88 Å². The summed E-state index contributed by atoms with van der Waals surface area (Å²) < 4.78 is 47.0. The van der Waals surface area contributed by atoms with Crippen molar-refractivity contribution in [2.45, 2.75) is 6.18 Å². The zero-order valence-electron chi connectivity index (χ0n) is 5.73. The third-order valence-corrected chi connectivity index (χ3v) is 1.90. The Kier molecular flexibility index (Phi) is 2.52. The molecule has 0 aromatic carbocycles. The maximum absolute atomic E-state index is 12.2. The molecule has 66 valence electrons. The molecule has 0 unspecified atom stereocenters. The Morgan fingerprint density at radius 3 is 2.50 bits per heavy atom. The van der Waals surface area contributed by atoms with Gasteiger partial charge >= 0.3 is 6.18 Å². The summed E-state index contributed by atoms with van der Waals surface area (Å²) in [6.45, 7) is 0. The van der Waals surface area contributed by atoms with Crippen LogP contribution in [0.3, 0.4) is 0 Å². The first-order valence-corrected chi connectivity index (χ1v) is 3.86. The molecule has 0 bridgehead atoms. The highest BCUT2D eigenvalue weighted by atomic mass is 32.1. The summed E-state index contributed by atoms with van der Waals surface area (Å²) in [6, 6.07) is 2.97. The molecular formula is C7H4F4S. The van der Waals surface area contributed by atoms with Gasteiger partial charge in [-0.1, -0.05) is 6.07 Å². The van der Waals surface area contributed by atoms with Crippen LogP contribution in [0.5, 0.6) is 0 Å². The molecule has 0 spiro atoms. The quantitative estimate of drug-likeness (QED) is 0.602. The Labute approximate surface area is 70.1 Å². The summed E-state index contributed by atoms with van der Waals surface area (Å²) in [5.41, 5.74) is 0. The molecule has 1 heterocycles. The van der Waals surface area contributed by atoms with Gasteiger partial charge in [-0.2, -0.15) is 13.2 Å². The molecule has 0 aliphatic heterocycles. The van der Waals surface area contributed by atoms with Crippen LogP contribution in [0.2, 0.25) is 0 Å². The van der Waals surface area contributed by atoms with E-state index in [1.54, 1.807) is 11.4 Å². The van der Waals surface area contributed by atoms with Gasteiger partial charge in [0.2, 0.25) is 5.83 Å². The van der Waals surface area contributed by atoms with Crippen molar-refractivity contribution in [1.82, 2.24) is 0 Å². The van der Waals surface area contributed by atoms with Crippen molar-refractivity contribution in [2.75, 3.05) is 0 Å². The van der Waals surface area contributed by atoms with Crippen LogP contribution in [0.4, 0.5) is 17.6 Å². The fourth-order valence-corrected chi connectivity index (χ4v) is 1.22. The SMILES string of the molecule is F/C(=C/c1cccs1)C(F)(F)F. The average molecular weight is 196 g/mol. The van der Waals surface area contributed by atoms with E-state index in [0.29, 0.717) is 6.08 Å². The first-order valence-electron chi connectivity index (χ1n) is 2.98. The van der Waals surface area contributed by atoms with E-state index in [4.69, 9.17) is 0 Å². The predicted molar refractivity (Wildman–Crippen MR) is 39.5 cm³/mol. The molecule has 0 N–H and O–H groups in total. The van der Waals surface area contributed by atoms with E-state index in [1.807, 2.05) is 0 Å². The van der Waals surface area contributed by atoms with Gasteiger partial charge in [0.15, 0.2) is 0 Å². The normalized spacial score (nSPS) is 13.5. The van der Waals surface area contributed by atoms with E-state index in [0.717, 1.165) is 11.3 Å². The number of hydrogen-bond donors (Lipinski definition) is 0. The lowest BCUT2D eigenvalue weighted by Gasteiger charge is -2.00. The van der Waals surface area contributed by atoms with Gasteiger partial charge in [0, 0.05) is 4.88 Å². The molecule has 0 fully saturated rings. The second-order valence-corrected chi connectivity index (χ2v) is 2.98. The van der Waals surface area contributed by atoms with Crippen LogP contribution in [-0.2, 0) is 0 Å². The summed E-state index contributed by atoms with van der Waals surface area (Å²) in [5.74, 6) is -2.06. The largest absolute Gasteiger partial charge is 0.442 e. The first-order chi connectivity index (χ1) is 5.50. The minimum Gasteiger partial charge on any atom is -0.202 e. The van der Waals surface area contributed by atoms with Crippen LogP contribution in [0.15, 0.2) is 23.3 Å². The molecule has 0 aliphatic carbocycles. The van der Waals surface area contributed by atoms with Gasteiger partial charge in [-0.15, -0.1) is 11.3 Å². The zero-order chi connectivity index (χ0) is 9.19. The highest BCUT2D eigenvalue weighted by Crippen LogP contribution is 2.29. The number of alkyl halides is 3. The summed E-state index contributed by atoms with van der Waals surface area (Å²) in [6.07, 6.45) is -4.39. The van der Waals surface area contributed by atoms with Crippen molar-refractivity contribution in [1.29, 1.82) is 0 Å². The molecular weight excluding hydrogens is 192 g/mol. The topological polar surface area (TPSA) is 0 Å². The third kappa shape index (κ3) is 2.34. The van der Waals surface area contributed by atoms with Crippen LogP contribution in [-0.4, -0.2) is 6.18 Å². The van der Waals surface area contributed by atoms with Crippen LogP contribution < -0.4 is 0 Å². The fourth-order valence-electron chi connectivity index (χ4n) is 0.580. The van der Waals surface area contributed by atoms with Gasteiger partial charge in [-0.3, -0.25) is 0 Å². The standard InChI is InChI=1S/C7H4F4S/c8-6(7(9,10)11)4-5-2-1-3-12-5/h1-4H/b6-4+. The monoisotopic (exact) mass is 196 g/mol. The van der Waals surface area contributed by atoms with Crippen LogP contribution in [0, 0.1) is 0 Å². The molecule has 1 aromatic rings. The maximum Gasteiger partial charge on any atom is 0.442 e. The lowest BCUT2D eigenvalue weighted by Crippen LogP contribution is -2.07. The molecule has 0 radical (unpaired) electrons. The number of hydrogen-bond acceptors (Lipinski definition) is 1. The van der Waals surface area contributed by atoms with Crippen molar-refractivity contribution >= 4 is 17.4 Å². The number of rotatable bonds is 1. The second-order valence-electron chi connectivity index (χ2n) is 2.01. The third-order valence-electron chi connectivity index (χ3n) is 1.08. The molecule has 0 atom stereocenters. The predicted octanol–water partition coefficient (Wildman–Crippen LogP) is 3.62. The minimum absolute atomic E-state index is 0.254. The molecule has 1 rings (SSSR count).